The zero-order chi connectivity index (χ0) is 18.3. The van der Waals surface area contributed by atoms with E-state index in [9.17, 15) is 0 Å². The molecule has 3 aromatic rings. The Labute approximate surface area is 156 Å². The highest BCUT2D eigenvalue weighted by atomic mass is 35.5. The molecule has 0 unspecified atom stereocenters. The van der Waals surface area contributed by atoms with Crippen LogP contribution in [0.15, 0.2) is 47.7 Å². The van der Waals surface area contributed by atoms with Crippen molar-refractivity contribution in [1.29, 1.82) is 0 Å². The Balaban J connectivity index is 1.66. The SMILES string of the molecule is C[C@@H](Nc1ccn2ncc(C3=NC(C)(C)ON3)c2n1)c1ccccc1Cl. The van der Waals surface area contributed by atoms with Crippen LogP contribution in [0.2, 0.25) is 5.02 Å². The predicted molar refractivity (Wildman–Crippen MR) is 101 cm³/mol. The molecule has 4 rings (SSSR count). The van der Waals surface area contributed by atoms with E-state index in [0.717, 1.165) is 22.0 Å². The molecular weight excluding hydrogens is 352 g/mol. The van der Waals surface area contributed by atoms with Gasteiger partial charge in [0.1, 0.15) is 5.82 Å². The van der Waals surface area contributed by atoms with Crippen LogP contribution < -0.4 is 10.8 Å². The van der Waals surface area contributed by atoms with Crippen LogP contribution in [0.5, 0.6) is 0 Å². The van der Waals surface area contributed by atoms with Crippen molar-refractivity contribution >= 4 is 28.9 Å². The zero-order valence-electron chi connectivity index (χ0n) is 14.7. The third-order valence-electron chi connectivity index (χ3n) is 4.14. The summed E-state index contributed by atoms with van der Waals surface area (Å²) < 4.78 is 1.70. The lowest BCUT2D eigenvalue weighted by Gasteiger charge is -2.16. The molecule has 0 amide bonds. The number of halogens is 1. The monoisotopic (exact) mass is 370 g/mol. The van der Waals surface area contributed by atoms with Gasteiger partial charge in [0, 0.05) is 11.2 Å². The van der Waals surface area contributed by atoms with Crippen molar-refractivity contribution in [1.82, 2.24) is 20.1 Å². The first-order valence-electron chi connectivity index (χ1n) is 8.32. The van der Waals surface area contributed by atoms with Crippen molar-refractivity contribution in [2.24, 2.45) is 4.99 Å². The molecule has 2 aromatic heterocycles. The van der Waals surface area contributed by atoms with Gasteiger partial charge < -0.3 is 5.32 Å². The van der Waals surface area contributed by atoms with Crippen LogP contribution >= 0.6 is 11.6 Å². The van der Waals surface area contributed by atoms with Gasteiger partial charge >= 0.3 is 0 Å². The summed E-state index contributed by atoms with van der Waals surface area (Å²) in [4.78, 5) is 14.7. The lowest BCUT2D eigenvalue weighted by molar-refractivity contribution is -0.0269. The Hall–Kier alpha value is -2.64. The second-order valence-electron chi connectivity index (χ2n) is 6.64. The van der Waals surface area contributed by atoms with Crippen molar-refractivity contribution in [3.8, 4) is 0 Å². The Morgan fingerprint density at radius 1 is 1.27 bits per heavy atom. The fourth-order valence-electron chi connectivity index (χ4n) is 2.85. The first-order valence-corrected chi connectivity index (χ1v) is 8.70. The lowest BCUT2D eigenvalue weighted by atomic mass is 10.1. The fourth-order valence-corrected chi connectivity index (χ4v) is 3.14. The van der Waals surface area contributed by atoms with Gasteiger partial charge in [-0.1, -0.05) is 29.8 Å². The summed E-state index contributed by atoms with van der Waals surface area (Å²) in [5.74, 6) is 1.35. The number of hydroxylamine groups is 1. The van der Waals surface area contributed by atoms with Crippen molar-refractivity contribution in [3.63, 3.8) is 0 Å². The second-order valence-corrected chi connectivity index (χ2v) is 7.05. The van der Waals surface area contributed by atoms with Gasteiger partial charge in [0.25, 0.3) is 0 Å². The Morgan fingerprint density at radius 2 is 2.08 bits per heavy atom. The van der Waals surface area contributed by atoms with E-state index in [1.165, 1.54) is 0 Å². The molecule has 3 heterocycles. The normalized spacial score (nSPS) is 17.0. The van der Waals surface area contributed by atoms with Crippen molar-refractivity contribution in [2.75, 3.05) is 5.32 Å². The number of nitrogens with one attached hydrogen (secondary N) is 2. The van der Waals surface area contributed by atoms with Crippen LogP contribution in [0.3, 0.4) is 0 Å². The summed E-state index contributed by atoms with van der Waals surface area (Å²) in [7, 11) is 0. The number of hydrogen-bond acceptors (Lipinski definition) is 6. The standard InChI is InChI=1S/C18H19ClN6O/c1-11(12-6-4-5-7-14(12)19)21-15-8-9-25-17(22-15)13(10-20-25)16-23-18(2,3)26-24-16/h4-11H,1-3H3,(H,21,22)(H,23,24)/t11-/m1/s1. The number of hydrogen-bond donors (Lipinski definition) is 2. The third kappa shape index (κ3) is 3.11. The maximum absolute atomic E-state index is 6.29. The number of nitrogens with zero attached hydrogens (tertiary/aromatic N) is 4. The number of anilines is 1. The zero-order valence-corrected chi connectivity index (χ0v) is 15.4. The smallest absolute Gasteiger partial charge is 0.182 e. The maximum Gasteiger partial charge on any atom is 0.182 e. The molecule has 0 radical (unpaired) electrons. The molecule has 1 aliphatic heterocycles. The Kier molecular flexibility index (Phi) is 4.05. The van der Waals surface area contributed by atoms with E-state index in [4.69, 9.17) is 21.4 Å². The third-order valence-corrected chi connectivity index (χ3v) is 4.48. The highest BCUT2D eigenvalue weighted by molar-refractivity contribution is 6.31. The molecule has 0 saturated carbocycles. The number of rotatable bonds is 4. The molecule has 1 aliphatic rings. The van der Waals surface area contributed by atoms with Crippen LogP contribution in [0.4, 0.5) is 5.82 Å². The van der Waals surface area contributed by atoms with Crippen molar-refractivity contribution in [2.45, 2.75) is 32.5 Å². The summed E-state index contributed by atoms with van der Waals surface area (Å²) in [6.07, 6.45) is 3.58. The van der Waals surface area contributed by atoms with Gasteiger partial charge in [-0.3, -0.25) is 0 Å². The Morgan fingerprint density at radius 3 is 2.81 bits per heavy atom. The lowest BCUT2D eigenvalue weighted by Crippen LogP contribution is -2.23. The summed E-state index contributed by atoms with van der Waals surface area (Å²) in [5, 5.41) is 8.44. The summed E-state index contributed by atoms with van der Waals surface area (Å²) in [6, 6.07) is 9.65. The highest BCUT2D eigenvalue weighted by Crippen LogP contribution is 2.26. The van der Waals surface area contributed by atoms with Gasteiger partial charge in [-0.25, -0.2) is 24.8 Å². The van der Waals surface area contributed by atoms with Crippen LogP contribution in [0.1, 0.15) is 37.9 Å². The molecule has 0 saturated heterocycles. The quantitative estimate of drug-likeness (QED) is 0.734. The predicted octanol–water partition coefficient (Wildman–Crippen LogP) is 3.57. The number of aromatic nitrogens is 3. The topological polar surface area (TPSA) is 75.8 Å². The number of aliphatic imine (C=N–C) groups is 1. The molecular formula is C18H19ClN6O. The van der Waals surface area contributed by atoms with Crippen LogP contribution in [-0.4, -0.2) is 26.2 Å². The van der Waals surface area contributed by atoms with E-state index in [1.54, 1.807) is 10.7 Å². The van der Waals surface area contributed by atoms with Gasteiger partial charge in [0.15, 0.2) is 17.2 Å². The summed E-state index contributed by atoms with van der Waals surface area (Å²) in [5.41, 5.74) is 4.73. The van der Waals surface area contributed by atoms with E-state index in [2.05, 4.69) is 20.9 Å². The fraction of sp³-hybridized carbons (Fsp3) is 0.278. The molecule has 26 heavy (non-hydrogen) atoms. The first kappa shape index (κ1) is 16.8. The van der Waals surface area contributed by atoms with Crippen LogP contribution in [0, 0.1) is 0 Å². The minimum absolute atomic E-state index is 0.00855. The summed E-state index contributed by atoms with van der Waals surface area (Å²) >= 11 is 6.29. The molecule has 0 spiro atoms. The van der Waals surface area contributed by atoms with Crippen molar-refractivity contribution in [3.05, 3.63) is 58.9 Å². The minimum Gasteiger partial charge on any atom is -0.363 e. The maximum atomic E-state index is 6.29. The van der Waals surface area contributed by atoms with E-state index in [0.29, 0.717) is 11.5 Å². The number of amidine groups is 1. The second kappa shape index (κ2) is 6.26. The van der Waals surface area contributed by atoms with Gasteiger partial charge in [-0.05, 0) is 38.5 Å². The summed E-state index contributed by atoms with van der Waals surface area (Å²) in [6.45, 7) is 5.80. The average molecular weight is 371 g/mol. The molecule has 1 atom stereocenters. The van der Waals surface area contributed by atoms with Crippen LogP contribution in [0.25, 0.3) is 5.65 Å². The highest BCUT2D eigenvalue weighted by Gasteiger charge is 2.28. The van der Waals surface area contributed by atoms with Crippen molar-refractivity contribution < 1.29 is 4.84 Å². The number of benzene rings is 1. The van der Waals surface area contributed by atoms with Crippen LogP contribution in [-0.2, 0) is 4.84 Å². The molecule has 7 nitrogen and oxygen atoms in total. The molecule has 0 fully saturated rings. The van der Waals surface area contributed by atoms with Gasteiger partial charge in [-0.15, -0.1) is 0 Å². The molecule has 1 aromatic carbocycles. The molecule has 2 N–H and O–H groups in total. The van der Waals surface area contributed by atoms with Gasteiger partial charge in [-0.2, -0.15) is 5.10 Å². The van der Waals surface area contributed by atoms with E-state index in [1.807, 2.05) is 57.3 Å². The van der Waals surface area contributed by atoms with Gasteiger partial charge in [0.2, 0.25) is 0 Å². The average Bonchev–Trinajstić information content (AvgIpc) is 3.17. The minimum atomic E-state index is -0.613. The van der Waals surface area contributed by atoms with E-state index in [-0.39, 0.29) is 6.04 Å². The molecule has 8 heteroatoms. The van der Waals surface area contributed by atoms with Gasteiger partial charge in [0.05, 0.1) is 17.8 Å². The largest absolute Gasteiger partial charge is 0.363 e. The molecule has 134 valence electrons. The Bertz CT molecular complexity index is 996. The number of fused-ring (bicyclic) bond motifs is 1. The van der Waals surface area contributed by atoms with E-state index < -0.39 is 5.72 Å². The van der Waals surface area contributed by atoms with E-state index >= 15 is 0 Å². The first-order chi connectivity index (χ1) is 12.4. The molecule has 0 bridgehead atoms. The molecule has 0 aliphatic carbocycles.